The van der Waals surface area contributed by atoms with Gasteiger partial charge < -0.3 is 52.8 Å². The molecule has 71 heavy (non-hydrogen) atoms. The summed E-state index contributed by atoms with van der Waals surface area (Å²) >= 11 is 0. The molecule has 0 aromatic heterocycles. The van der Waals surface area contributed by atoms with Crippen LogP contribution in [-0.2, 0) is 66.6 Å². The third kappa shape index (κ3) is 36.5. The van der Waals surface area contributed by atoms with Crippen LogP contribution < -0.4 is 5.32 Å². The maximum atomic E-state index is 14.2. The highest BCUT2D eigenvalue weighted by Crippen LogP contribution is 2.18. The van der Waals surface area contributed by atoms with Gasteiger partial charge >= 0.3 is 23.9 Å². The lowest BCUT2D eigenvalue weighted by Crippen LogP contribution is -2.53. The Kier molecular flexibility index (Phi) is 32.7. The molecule has 0 aliphatic carbocycles. The zero-order valence-electron chi connectivity index (χ0n) is 46.6. The normalized spacial score (nSPS) is 16.1. The second kappa shape index (κ2) is 35.2. The molecule has 1 saturated heterocycles. The van der Waals surface area contributed by atoms with Crippen molar-refractivity contribution in [2.75, 3.05) is 164 Å². The van der Waals surface area contributed by atoms with Crippen molar-refractivity contribution in [2.24, 2.45) is 0 Å². The maximum absolute atomic E-state index is 14.2. The van der Waals surface area contributed by atoms with Gasteiger partial charge in [-0.3, -0.25) is 43.6 Å². The Bertz CT molecular complexity index is 1450. The van der Waals surface area contributed by atoms with Crippen molar-refractivity contribution >= 4 is 29.8 Å². The Morgan fingerprint density at radius 1 is 0.479 bits per heavy atom. The number of rotatable bonds is 31. The Hall–Kier alpha value is -3.05. The molecule has 1 rings (SSSR count). The standard InChI is InChI=1S/C51H98N6O14/c1-15-52-19-29-63-31-33-65-35-37-67-38-36-66-34-32-64-30-28-56(16-2)43(58)18-17-42(47(62)71-51(12,13)14)57-26-24-54(40-45(60)69-49(6,7)8)22-20-53(39-44(59)68-48(3,4)5)21-23-55(25-27-57)41-46(61)70-50(9,10)11/h42,52H,15-41H2,1-14H3. The summed E-state index contributed by atoms with van der Waals surface area (Å²) in [5.74, 6) is -1.79. The fourth-order valence-electron chi connectivity index (χ4n) is 7.18. The van der Waals surface area contributed by atoms with Crippen LogP contribution in [0.25, 0.3) is 0 Å². The largest absolute Gasteiger partial charge is 0.459 e. The first-order valence-electron chi connectivity index (χ1n) is 25.9. The van der Waals surface area contributed by atoms with Gasteiger partial charge in [-0.2, -0.15) is 0 Å². The summed E-state index contributed by atoms with van der Waals surface area (Å²) in [6, 6.07) is -0.835. The molecule has 1 unspecified atom stereocenters. The first-order valence-corrected chi connectivity index (χ1v) is 25.9. The average molecular weight is 1020 g/mol. The topological polar surface area (TPSA) is 197 Å². The van der Waals surface area contributed by atoms with Crippen LogP contribution in [0.15, 0.2) is 0 Å². The smallest absolute Gasteiger partial charge is 0.323 e. The van der Waals surface area contributed by atoms with E-state index in [1.54, 1.807) is 25.7 Å². The maximum Gasteiger partial charge on any atom is 0.323 e. The van der Waals surface area contributed by atoms with Gasteiger partial charge in [0.15, 0.2) is 0 Å². The molecule has 20 nitrogen and oxygen atoms in total. The van der Waals surface area contributed by atoms with Crippen molar-refractivity contribution in [3.63, 3.8) is 0 Å². The van der Waals surface area contributed by atoms with Crippen LogP contribution in [-0.4, -0.2) is 247 Å². The summed E-state index contributed by atoms with van der Waals surface area (Å²) in [6.07, 6.45) is 0.232. The molecule has 1 N–H and O–H groups in total. The van der Waals surface area contributed by atoms with E-state index in [1.807, 2.05) is 88.8 Å². The average Bonchev–Trinajstić information content (AvgIpc) is 3.22. The number of amides is 1. The van der Waals surface area contributed by atoms with E-state index in [4.69, 9.17) is 42.6 Å². The number of ether oxygens (including phenoxy) is 9. The van der Waals surface area contributed by atoms with E-state index < -0.39 is 46.4 Å². The second-order valence-corrected chi connectivity index (χ2v) is 21.6. The molecule has 1 amide bonds. The van der Waals surface area contributed by atoms with Crippen LogP contribution >= 0.6 is 0 Å². The monoisotopic (exact) mass is 1020 g/mol. The molecule has 0 radical (unpaired) electrons. The van der Waals surface area contributed by atoms with Gasteiger partial charge in [0.25, 0.3) is 0 Å². The highest BCUT2D eigenvalue weighted by atomic mass is 16.6. The molecule has 1 heterocycles. The Morgan fingerprint density at radius 3 is 1.15 bits per heavy atom. The number of carbonyl (C=O) groups excluding carboxylic acids is 5. The van der Waals surface area contributed by atoms with Gasteiger partial charge in [0.05, 0.1) is 85.7 Å². The van der Waals surface area contributed by atoms with Crippen LogP contribution in [0.5, 0.6) is 0 Å². The summed E-state index contributed by atoms with van der Waals surface area (Å²) in [5, 5.41) is 3.20. The van der Waals surface area contributed by atoms with E-state index in [0.29, 0.717) is 132 Å². The van der Waals surface area contributed by atoms with Gasteiger partial charge in [0.1, 0.15) is 28.4 Å². The minimum atomic E-state index is -0.835. The van der Waals surface area contributed by atoms with E-state index in [0.717, 1.165) is 13.1 Å². The predicted octanol–water partition coefficient (Wildman–Crippen LogP) is 3.26. The molecule has 0 saturated carbocycles. The molecule has 0 aromatic rings. The fraction of sp³-hybridized carbons (Fsp3) is 0.902. The zero-order valence-corrected chi connectivity index (χ0v) is 46.6. The Morgan fingerprint density at radius 2 is 0.817 bits per heavy atom. The number of carbonyl (C=O) groups is 5. The minimum Gasteiger partial charge on any atom is -0.459 e. The van der Waals surface area contributed by atoms with Gasteiger partial charge in [-0.25, -0.2) is 0 Å². The van der Waals surface area contributed by atoms with E-state index in [-0.39, 0.29) is 44.4 Å². The number of likely N-dealkylation sites (N-methyl/N-ethyl adjacent to an activating group) is 2. The molecule has 20 heteroatoms. The lowest BCUT2D eigenvalue weighted by atomic mass is 10.1. The second-order valence-electron chi connectivity index (χ2n) is 21.6. The van der Waals surface area contributed by atoms with Crippen molar-refractivity contribution in [2.45, 2.75) is 138 Å². The molecule has 0 bridgehead atoms. The zero-order chi connectivity index (χ0) is 53.5. The SMILES string of the molecule is CCNCCOCCOCCOCCOCCOCCN(CC)C(=O)CCC(C(=O)OC(C)(C)C)N1CCN(CC(=O)OC(C)(C)C)CCN(CC(=O)OC(C)(C)C)CCN(CC(=O)OC(C)(C)C)CC1. The lowest BCUT2D eigenvalue weighted by Gasteiger charge is -2.37. The number of hydrogen-bond donors (Lipinski definition) is 1. The van der Waals surface area contributed by atoms with Crippen LogP contribution in [0.3, 0.4) is 0 Å². The number of hydrogen-bond acceptors (Lipinski definition) is 19. The number of esters is 4. The highest BCUT2D eigenvalue weighted by molar-refractivity contribution is 5.80. The lowest BCUT2D eigenvalue weighted by molar-refractivity contribution is -0.163. The predicted molar refractivity (Wildman–Crippen MR) is 272 cm³/mol. The Labute approximate surface area is 427 Å². The van der Waals surface area contributed by atoms with E-state index in [1.165, 1.54) is 0 Å². The Balaban J connectivity index is 3.12. The first kappa shape index (κ1) is 66.0. The molecule has 0 spiro atoms. The molecule has 0 aromatic carbocycles. The summed E-state index contributed by atoms with van der Waals surface area (Å²) in [6.45, 7) is 35.7. The van der Waals surface area contributed by atoms with Crippen molar-refractivity contribution in [1.29, 1.82) is 0 Å². The molecular weight excluding hydrogens is 921 g/mol. The molecule has 1 aliphatic rings. The van der Waals surface area contributed by atoms with Crippen molar-refractivity contribution in [1.82, 2.24) is 29.8 Å². The number of nitrogens with one attached hydrogen (secondary N) is 1. The van der Waals surface area contributed by atoms with Crippen molar-refractivity contribution in [3.05, 3.63) is 0 Å². The van der Waals surface area contributed by atoms with Crippen LogP contribution in [0, 0.1) is 0 Å². The van der Waals surface area contributed by atoms with Crippen LogP contribution in [0.4, 0.5) is 0 Å². The van der Waals surface area contributed by atoms with E-state index in [2.05, 4.69) is 12.2 Å². The third-order valence-electron chi connectivity index (χ3n) is 10.3. The molecule has 1 fully saturated rings. The molecule has 416 valence electrons. The molecule has 1 aliphatic heterocycles. The number of nitrogens with zero attached hydrogens (tertiary/aromatic N) is 5. The quantitative estimate of drug-likeness (QED) is 0.0603. The van der Waals surface area contributed by atoms with E-state index >= 15 is 0 Å². The highest BCUT2D eigenvalue weighted by Gasteiger charge is 2.33. The fourth-order valence-corrected chi connectivity index (χ4v) is 7.18. The third-order valence-corrected chi connectivity index (χ3v) is 10.3. The molecular formula is C51H98N6O14. The van der Waals surface area contributed by atoms with Gasteiger partial charge in [0, 0.05) is 78.4 Å². The van der Waals surface area contributed by atoms with Gasteiger partial charge in [-0.05, 0) is 103 Å². The summed E-state index contributed by atoms with van der Waals surface area (Å²) in [7, 11) is 0. The van der Waals surface area contributed by atoms with Gasteiger partial charge in [-0.1, -0.05) is 6.92 Å². The van der Waals surface area contributed by atoms with Gasteiger partial charge in [0.2, 0.25) is 5.91 Å². The van der Waals surface area contributed by atoms with Crippen molar-refractivity contribution < 1.29 is 66.6 Å². The summed E-state index contributed by atoms with van der Waals surface area (Å²) in [4.78, 5) is 77.4. The summed E-state index contributed by atoms with van der Waals surface area (Å²) in [5.41, 5.74) is -2.89. The van der Waals surface area contributed by atoms with Crippen LogP contribution in [0.2, 0.25) is 0 Å². The summed E-state index contributed by atoms with van der Waals surface area (Å²) < 4.78 is 51.1. The van der Waals surface area contributed by atoms with Crippen LogP contribution in [0.1, 0.15) is 110 Å². The van der Waals surface area contributed by atoms with Crippen molar-refractivity contribution in [3.8, 4) is 0 Å². The van der Waals surface area contributed by atoms with Gasteiger partial charge in [-0.15, -0.1) is 0 Å². The van der Waals surface area contributed by atoms with E-state index in [9.17, 15) is 24.0 Å². The first-order chi connectivity index (χ1) is 33.2. The molecule has 1 atom stereocenters. The minimum absolute atomic E-state index is 0.0105.